The number of Topliss-reactive ketones (excluding diaryl/α,β-unsaturated/α-hetero) is 3. The fourth-order valence-electron chi connectivity index (χ4n) is 10.7. The molecule has 15 heteroatoms. The van der Waals surface area contributed by atoms with E-state index in [1.54, 1.807) is 48.2 Å². The number of carbonyl (C=O) groups is 5. The van der Waals surface area contributed by atoms with E-state index < -0.39 is 77.8 Å². The summed E-state index contributed by atoms with van der Waals surface area (Å²) in [4.78, 5) is 72.4. The molecule has 0 spiro atoms. The maximum atomic E-state index is 14.5. The number of rotatable bonds is 11. The Balaban J connectivity index is 1.68. The molecule has 3 fully saturated rings. The smallest absolute Gasteiger partial charge is 0.329 e. The van der Waals surface area contributed by atoms with E-state index in [0.717, 1.165) is 24.8 Å². The lowest BCUT2D eigenvalue weighted by molar-refractivity contribution is -0.265. The number of hydrogen-bond acceptors (Lipinski definition) is 14. The quantitative estimate of drug-likeness (QED) is 0.0911. The molecule has 2 bridgehead atoms. The van der Waals surface area contributed by atoms with Gasteiger partial charge in [0, 0.05) is 78.8 Å². The molecular weight excluding hydrogens is 899 g/mol. The minimum absolute atomic E-state index is 0.0198. The summed E-state index contributed by atoms with van der Waals surface area (Å²) in [5, 5.41) is 23.5. The Morgan fingerprint density at radius 1 is 0.829 bits per heavy atom. The van der Waals surface area contributed by atoms with Crippen LogP contribution in [0.15, 0.2) is 47.6 Å². The van der Waals surface area contributed by atoms with Gasteiger partial charge in [-0.25, -0.2) is 4.79 Å². The Morgan fingerprint density at radius 2 is 1.57 bits per heavy atom. The Hall–Kier alpha value is -3.41. The summed E-state index contributed by atoms with van der Waals surface area (Å²) in [7, 11) is 6.31. The number of piperidine rings is 1. The van der Waals surface area contributed by atoms with E-state index in [9.17, 15) is 34.2 Å². The molecule has 4 aliphatic rings. The molecule has 4 rings (SSSR count). The van der Waals surface area contributed by atoms with E-state index in [0.29, 0.717) is 70.2 Å². The number of nitrogens with zero attached hydrogens (tertiary/aromatic N) is 1. The van der Waals surface area contributed by atoms with E-state index in [1.807, 2.05) is 58.1 Å². The second-order valence-electron chi connectivity index (χ2n) is 20.8. The SMILES string of the molecule is COCCCO[C@@H]1CC[C@@H](CC(C)[C@@H]2CC(=O)[C@H](C)/C=C(\C)[C@@H](O)[C@@H](OC)C(=O)[C@H](C)C[C@H](C)/C=C/C=C/C=C(\C)[C@@H](OC)C[C@@H]3CC[C@@H](C)[C@@](O)(O3)C(=O)C(=O)N3CCCC[C@H]3C(=O)O2)C[C@H]1OC. The maximum absolute atomic E-state index is 14.5. The minimum Gasteiger partial charge on any atom is -0.460 e. The summed E-state index contributed by atoms with van der Waals surface area (Å²) >= 11 is 0. The Kier molecular flexibility index (Phi) is 24.3. The van der Waals surface area contributed by atoms with Crippen molar-refractivity contribution in [2.24, 2.45) is 35.5 Å². The molecule has 3 aliphatic heterocycles. The maximum Gasteiger partial charge on any atom is 0.329 e. The first-order valence-electron chi connectivity index (χ1n) is 25.9. The van der Waals surface area contributed by atoms with E-state index in [2.05, 4.69) is 0 Å². The van der Waals surface area contributed by atoms with Crippen molar-refractivity contribution in [3.63, 3.8) is 0 Å². The zero-order chi connectivity index (χ0) is 51.7. The Bertz CT molecular complexity index is 1840. The van der Waals surface area contributed by atoms with E-state index >= 15 is 0 Å². The first kappa shape index (κ1) is 59.2. The minimum atomic E-state index is -2.43. The molecule has 2 N–H and O–H groups in total. The van der Waals surface area contributed by atoms with Crippen LogP contribution in [0, 0.1) is 35.5 Å². The molecule has 3 heterocycles. The molecule has 0 aromatic carbocycles. The van der Waals surface area contributed by atoms with Crippen LogP contribution in [0.25, 0.3) is 0 Å². The molecule has 0 aromatic rings. The van der Waals surface area contributed by atoms with Crippen molar-refractivity contribution in [1.29, 1.82) is 0 Å². The van der Waals surface area contributed by atoms with Gasteiger partial charge in [0.1, 0.15) is 30.1 Å². The van der Waals surface area contributed by atoms with Gasteiger partial charge in [0.25, 0.3) is 11.7 Å². The van der Waals surface area contributed by atoms with Crippen molar-refractivity contribution in [2.45, 2.75) is 186 Å². The Morgan fingerprint density at radius 3 is 2.26 bits per heavy atom. The van der Waals surface area contributed by atoms with E-state index in [1.165, 1.54) is 12.0 Å². The van der Waals surface area contributed by atoms with Crippen LogP contribution in [0.2, 0.25) is 0 Å². The van der Waals surface area contributed by atoms with Gasteiger partial charge in [-0.15, -0.1) is 0 Å². The molecule has 0 aromatic heterocycles. The number of amides is 1. The molecule has 1 amide bonds. The van der Waals surface area contributed by atoms with Crippen molar-refractivity contribution in [2.75, 3.05) is 48.2 Å². The summed E-state index contributed by atoms with van der Waals surface area (Å²) in [6.45, 7) is 14.0. The van der Waals surface area contributed by atoms with Crippen LogP contribution >= 0.6 is 0 Å². The molecule has 2 saturated heterocycles. The van der Waals surface area contributed by atoms with Gasteiger partial charge >= 0.3 is 5.97 Å². The fourth-order valence-corrected chi connectivity index (χ4v) is 10.7. The van der Waals surface area contributed by atoms with Crippen LogP contribution in [0.3, 0.4) is 0 Å². The van der Waals surface area contributed by atoms with Crippen LogP contribution in [-0.2, 0) is 57.1 Å². The second kappa shape index (κ2) is 28.7. The number of aliphatic hydroxyl groups excluding tert-OH is 1. The predicted octanol–water partition coefficient (Wildman–Crippen LogP) is 7.24. The van der Waals surface area contributed by atoms with Crippen molar-refractivity contribution in [1.82, 2.24) is 4.90 Å². The van der Waals surface area contributed by atoms with Gasteiger partial charge in [-0.2, -0.15) is 0 Å². The molecule has 1 aliphatic carbocycles. The van der Waals surface area contributed by atoms with Crippen LogP contribution in [0.1, 0.15) is 132 Å². The molecule has 396 valence electrons. The van der Waals surface area contributed by atoms with Crippen LogP contribution < -0.4 is 0 Å². The number of carbonyl (C=O) groups excluding carboxylic acids is 5. The van der Waals surface area contributed by atoms with Crippen molar-refractivity contribution < 1.29 is 67.3 Å². The summed E-state index contributed by atoms with van der Waals surface area (Å²) in [6, 6.07) is -1.13. The van der Waals surface area contributed by atoms with Gasteiger partial charge in [0.05, 0.1) is 24.4 Å². The third kappa shape index (κ3) is 16.3. The summed E-state index contributed by atoms with van der Waals surface area (Å²) in [5.74, 6) is -7.81. The number of esters is 1. The lowest BCUT2D eigenvalue weighted by Crippen LogP contribution is -2.61. The topological polar surface area (TPSA) is 194 Å². The normalized spacial score (nSPS) is 38.4. The van der Waals surface area contributed by atoms with Gasteiger partial charge in [0.2, 0.25) is 5.79 Å². The lowest BCUT2D eigenvalue weighted by atomic mass is 9.78. The third-order valence-electron chi connectivity index (χ3n) is 15.3. The highest BCUT2D eigenvalue weighted by atomic mass is 16.6. The van der Waals surface area contributed by atoms with Gasteiger partial charge in [0.15, 0.2) is 5.78 Å². The standard InChI is InChI=1S/C55H87NO14/c1-34-18-13-12-14-19-35(2)46(65-9)32-42-23-21-40(7)55(63,70-42)52(60)53(61)56-25-16-15-20-43(56)54(62)69-47(37(4)30-41-22-24-45(48(31-41)66-10)68-27-17-26-64-8)33-44(57)36(3)29-39(6)50(59)51(67-11)49(58)38(5)28-34/h12-14,18-19,29,34,36-38,40-43,45-48,50-51,59,63H,15-17,20-28,30-33H2,1-11H3/b14-12+,18-13+,35-19+,39-29+/t34-,36-,37?,38-,40-,41+,42+,43+,45-,46+,47+,48-,50-,51+,55-/m1/s1. The zero-order valence-electron chi connectivity index (χ0n) is 44.1. The Labute approximate surface area is 418 Å². The monoisotopic (exact) mass is 986 g/mol. The number of allylic oxidation sites excluding steroid dienone is 6. The third-order valence-corrected chi connectivity index (χ3v) is 15.3. The highest BCUT2D eigenvalue weighted by Gasteiger charge is 2.53. The first-order chi connectivity index (χ1) is 33.3. The molecule has 15 nitrogen and oxygen atoms in total. The number of ketones is 3. The number of fused-ring (bicyclic) bond motifs is 3. The largest absolute Gasteiger partial charge is 0.460 e. The average Bonchev–Trinajstić information content (AvgIpc) is 3.34. The summed E-state index contributed by atoms with van der Waals surface area (Å²) in [5.41, 5.74) is 1.28. The zero-order valence-corrected chi connectivity index (χ0v) is 44.1. The van der Waals surface area contributed by atoms with Gasteiger partial charge in [-0.1, -0.05) is 71.1 Å². The second-order valence-corrected chi connectivity index (χ2v) is 20.8. The number of methoxy groups -OCH3 is 4. The molecule has 70 heavy (non-hydrogen) atoms. The summed E-state index contributed by atoms with van der Waals surface area (Å²) in [6.07, 6.45) is 13.3. The van der Waals surface area contributed by atoms with Crippen LogP contribution in [0.5, 0.6) is 0 Å². The molecule has 15 atom stereocenters. The molecule has 1 unspecified atom stereocenters. The van der Waals surface area contributed by atoms with E-state index in [-0.39, 0.29) is 60.9 Å². The van der Waals surface area contributed by atoms with Gasteiger partial charge in [-0.3, -0.25) is 19.2 Å². The predicted molar refractivity (Wildman–Crippen MR) is 265 cm³/mol. The van der Waals surface area contributed by atoms with Crippen molar-refractivity contribution in [3.05, 3.63) is 47.6 Å². The van der Waals surface area contributed by atoms with Gasteiger partial charge in [-0.05, 0) is 113 Å². The van der Waals surface area contributed by atoms with Gasteiger partial charge < -0.3 is 48.3 Å². The first-order valence-corrected chi connectivity index (χ1v) is 25.9. The fraction of sp³-hybridized carbons (Fsp3) is 0.764. The van der Waals surface area contributed by atoms with Crippen LogP contribution in [-0.4, -0.2) is 147 Å². The molecule has 1 saturated carbocycles. The van der Waals surface area contributed by atoms with Crippen molar-refractivity contribution >= 4 is 29.2 Å². The molecular formula is C55H87NO14. The highest BCUT2D eigenvalue weighted by Crippen LogP contribution is 2.38. The summed E-state index contributed by atoms with van der Waals surface area (Å²) < 4.78 is 41.3. The van der Waals surface area contributed by atoms with E-state index in [4.69, 9.17) is 33.2 Å². The van der Waals surface area contributed by atoms with Crippen molar-refractivity contribution in [3.8, 4) is 0 Å². The average molecular weight is 986 g/mol. The lowest BCUT2D eigenvalue weighted by Gasteiger charge is -2.42. The molecule has 0 radical (unpaired) electrons. The number of aliphatic hydroxyl groups is 2. The number of cyclic esters (lactones) is 1. The van der Waals surface area contributed by atoms with Crippen LogP contribution in [0.4, 0.5) is 0 Å². The number of hydrogen-bond donors (Lipinski definition) is 2. The number of ether oxygens (including phenoxy) is 7. The highest BCUT2D eigenvalue weighted by molar-refractivity contribution is 6.39.